The summed E-state index contributed by atoms with van der Waals surface area (Å²) in [6, 6.07) is 16.4. The molecule has 0 radical (unpaired) electrons. The van der Waals surface area contributed by atoms with Crippen molar-refractivity contribution in [3.05, 3.63) is 59.7 Å². The van der Waals surface area contributed by atoms with Crippen LogP contribution >= 0.6 is 0 Å². The van der Waals surface area contributed by atoms with Crippen molar-refractivity contribution in [1.82, 2.24) is 10.2 Å². The number of hydrogen-bond donors (Lipinski definition) is 2. The van der Waals surface area contributed by atoms with Gasteiger partial charge >= 0.3 is 12.1 Å². The van der Waals surface area contributed by atoms with Gasteiger partial charge in [-0.15, -0.1) is 0 Å². The van der Waals surface area contributed by atoms with Crippen molar-refractivity contribution in [3.63, 3.8) is 0 Å². The van der Waals surface area contributed by atoms with Crippen LogP contribution in [0.1, 0.15) is 29.9 Å². The molecule has 2 saturated heterocycles. The standard InChI is InChI=1S/C24H26N2O5/c27-22(28)24(15-30-12-16-6-5-11-26(16)24)14-25-23(29)31-13-21-19-9-3-1-7-17(19)18-8-2-4-10-20(18)21/h1-4,7-10,16,21H,5-6,11-15H2,(H,25,29)(H,27,28). The second-order valence-electron chi connectivity index (χ2n) is 8.52. The maximum atomic E-state index is 12.5. The van der Waals surface area contributed by atoms with E-state index in [1.165, 1.54) is 0 Å². The van der Waals surface area contributed by atoms with Crippen molar-refractivity contribution in [2.45, 2.75) is 30.3 Å². The zero-order chi connectivity index (χ0) is 21.4. The van der Waals surface area contributed by atoms with Crippen molar-refractivity contribution in [2.75, 3.05) is 32.9 Å². The van der Waals surface area contributed by atoms with E-state index in [9.17, 15) is 14.7 Å². The van der Waals surface area contributed by atoms with Gasteiger partial charge in [0.2, 0.25) is 0 Å². The van der Waals surface area contributed by atoms with Gasteiger partial charge in [-0.05, 0) is 41.6 Å². The third-order valence-electron chi connectivity index (χ3n) is 6.84. The summed E-state index contributed by atoms with van der Waals surface area (Å²) in [4.78, 5) is 26.7. The minimum atomic E-state index is -1.25. The molecule has 0 saturated carbocycles. The van der Waals surface area contributed by atoms with Crippen molar-refractivity contribution in [3.8, 4) is 11.1 Å². The lowest BCUT2D eigenvalue weighted by molar-refractivity contribution is -0.166. The van der Waals surface area contributed by atoms with E-state index in [1.807, 2.05) is 29.2 Å². The molecular formula is C24H26N2O5. The van der Waals surface area contributed by atoms with E-state index in [0.717, 1.165) is 35.1 Å². The molecule has 3 aliphatic rings. The van der Waals surface area contributed by atoms with Gasteiger partial charge in [0.15, 0.2) is 5.54 Å². The number of morpholine rings is 1. The Hall–Kier alpha value is -2.90. The molecule has 2 aromatic rings. The van der Waals surface area contributed by atoms with Crippen LogP contribution in [0.15, 0.2) is 48.5 Å². The summed E-state index contributed by atoms with van der Waals surface area (Å²) in [5.74, 6) is -1.01. The first-order chi connectivity index (χ1) is 15.1. The average molecular weight is 422 g/mol. The third-order valence-corrected chi connectivity index (χ3v) is 6.84. The zero-order valence-corrected chi connectivity index (χ0v) is 17.3. The molecule has 2 aromatic carbocycles. The van der Waals surface area contributed by atoms with Crippen molar-refractivity contribution >= 4 is 12.1 Å². The molecule has 2 heterocycles. The predicted molar refractivity (Wildman–Crippen MR) is 114 cm³/mol. The predicted octanol–water partition coefficient (Wildman–Crippen LogP) is 2.84. The first-order valence-corrected chi connectivity index (χ1v) is 10.8. The number of aliphatic carboxylic acids is 1. The number of fused-ring (bicyclic) bond motifs is 4. The molecular weight excluding hydrogens is 396 g/mol. The Morgan fingerprint density at radius 1 is 1.13 bits per heavy atom. The number of alkyl carbamates (subject to hydrolysis) is 1. The maximum Gasteiger partial charge on any atom is 0.407 e. The number of rotatable bonds is 5. The minimum Gasteiger partial charge on any atom is -0.480 e. The number of carbonyl (C=O) groups excluding carboxylic acids is 1. The van der Waals surface area contributed by atoms with Gasteiger partial charge in [0.25, 0.3) is 0 Å². The summed E-state index contributed by atoms with van der Waals surface area (Å²) in [5.41, 5.74) is 3.36. The maximum absolute atomic E-state index is 12.5. The number of hydrogen-bond acceptors (Lipinski definition) is 5. The second-order valence-corrected chi connectivity index (χ2v) is 8.52. The molecule has 162 valence electrons. The van der Waals surface area contributed by atoms with E-state index in [4.69, 9.17) is 9.47 Å². The van der Waals surface area contributed by atoms with Gasteiger partial charge in [0.1, 0.15) is 6.61 Å². The number of ether oxygens (including phenoxy) is 2. The number of benzene rings is 2. The minimum absolute atomic E-state index is 0.0347. The second kappa shape index (κ2) is 7.98. The summed E-state index contributed by atoms with van der Waals surface area (Å²) in [5, 5.41) is 12.7. The van der Waals surface area contributed by atoms with Crippen LogP contribution in [0.4, 0.5) is 4.79 Å². The molecule has 31 heavy (non-hydrogen) atoms. The van der Waals surface area contributed by atoms with Gasteiger partial charge in [-0.2, -0.15) is 0 Å². The van der Waals surface area contributed by atoms with E-state index < -0.39 is 17.6 Å². The van der Waals surface area contributed by atoms with Gasteiger partial charge in [0.05, 0.1) is 19.8 Å². The third kappa shape index (κ3) is 3.38. The molecule has 2 N–H and O–H groups in total. The Labute approximate surface area is 181 Å². The summed E-state index contributed by atoms with van der Waals surface area (Å²) in [7, 11) is 0. The molecule has 1 amide bonds. The zero-order valence-electron chi connectivity index (χ0n) is 17.3. The van der Waals surface area contributed by atoms with E-state index in [0.29, 0.717) is 13.2 Å². The number of nitrogens with one attached hydrogen (secondary N) is 1. The normalized spacial score (nSPS) is 24.8. The van der Waals surface area contributed by atoms with E-state index >= 15 is 0 Å². The quantitative estimate of drug-likeness (QED) is 0.771. The summed E-state index contributed by atoms with van der Waals surface area (Å²) >= 11 is 0. The smallest absolute Gasteiger partial charge is 0.407 e. The summed E-state index contributed by atoms with van der Waals surface area (Å²) in [6.45, 7) is 1.45. The van der Waals surface area contributed by atoms with Crippen LogP contribution in [0, 0.1) is 0 Å². The molecule has 7 nitrogen and oxygen atoms in total. The number of carboxylic acid groups (broad SMARTS) is 1. The first kappa shape index (κ1) is 20.0. The van der Waals surface area contributed by atoms with Gasteiger partial charge in [-0.25, -0.2) is 4.79 Å². The molecule has 0 aromatic heterocycles. The van der Waals surface area contributed by atoms with Crippen LogP contribution < -0.4 is 5.32 Å². The van der Waals surface area contributed by atoms with E-state index in [-0.39, 0.29) is 31.7 Å². The fraction of sp³-hybridized carbons (Fsp3) is 0.417. The largest absolute Gasteiger partial charge is 0.480 e. The molecule has 7 heteroatoms. The number of nitrogens with zero attached hydrogens (tertiary/aromatic N) is 1. The van der Waals surface area contributed by atoms with Gasteiger partial charge in [-0.3, -0.25) is 9.69 Å². The fourth-order valence-electron chi connectivity index (χ4n) is 5.30. The molecule has 0 bridgehead atoms. The Morgan fingerprint density at radius 2 is 1.81 bits per heavy atom. The van der Waals surface area contributed by atoms with Crippen molar-refractivity contribution < 1.29 is 24.2 Å². The number of amides is 1. The van der Waals surface area contributed by atoms with E-state index in [1.54, 1.807) is 0 Å². The topological polar surface area (TPSA) is 88.1 Å². The molecule has 1 aliphatic carbocycles. The van der Waals surface area contributed by atoms with Gasteiger partial charge < -0.3 is 19.9 Å². The van der Waals surface area contributed by atoms with Crippen LogP contribution in [-0.2, 0) is 14.3 Å². The average Bonchev–Trinajstić information content (AvgIpc) is 3.39. The summed E-state index contributed by atoms with van der Waals surface area (Å²) in [6.07, 6.45) is 1.25. The van der Waals surface area contributed by atoms with Gasteiger partial charge in [-0.1, -0.05) is 48.5 Å². The highest BCUT2D eigenvalue weighted by Gasteiger charge is 2.52. The monoisotopic (exact) mass is 422 g/mol. The van der Waals surface area contributed by atoms with Crippen LogP contribution in [0.2, 0.25) is 0 Å². The number of carbonyl (C=O) groups is 2. The fourth-order valence-corrected chi connectivity index (χ4v) is 5.30. The lowest BCUT2D eigenvalue weighted by Crippen LogP contribution is -2.68. The molecule has 2 fully saturated rings. The number of carboxylic acids is 1. The SMILES string of the molecule is O=C(NCC1(C(=O)O)COCC2CCCN21)OCC1c2ccccc2-c2ccccc21. The molecule has 5 rings (SSSR count). The highest BCUT2D eigenvalue weighted by Crippen LogP contribution is 2.44. The first-order valence-electron chi connectivity index (χ1n) is 10.8. The highest BCUT2D eigenvalue weighted by molar-refractivity contribution is 5.81. The molecule has 0 spiro atoms. The van der Waals surface area contributed by atoms with Crippen molar-refractivity contribution in [1.29, 1.82) is 0 Å². The van der Waals surface area contributed by atoms with Crippen LogP contribution in [0.25, 0.3) is 11.1 Å². The summed E-state index contributed by atoms with van der Waals surface area (Å²) < 4.78 is 11.2. The Bertz CT molecular complexity index is 963. The Balaban J connectivity index is 1.26. The molecule has 2 aliphatic heterocycles. The lowest BCUT2D eigenvalue weighted by atomic mass is 9.95. The van der Waals surface area contributed by atoms with Crippen molar-refractivity contribution in [2.24, 2.45) is 0 Å². The van der Waals surface area contributed by atoms with Gasteiger partial charge in [0, 0.05) is 12.0 Å². The molecule has 2 atom stereocenters. The Kier molecular flexibility index (Phi) is 5.16. The molecule has 2 unspecified atom stereocenters. The lowest BCUT2D eigenvalue weighted by Gasteiger charge is -2.45. The Morgan fingerprint density at radius 3 is 2.48 bits per heavy atom. The van der Waals surface area contributed by atoms with Crippen LogP contribution in [0.5, 0.6) is 0 Å². The van der Waals surface area contributed by atoms with E-state index in [2.05, 4.69) is 29.6 Å². The van der Waals surface area contributed by atoms with Crippen LogP contribution in [-0.4, -0.2) is 66.6 Å². The van der Waals surface area contributed by atoms with Crippen LogP contribution in [0.3, 0.4) is 0 Å². The highest BCUT2D eigenvalue weighted by atomic mass is 16.5.